The van der Waals surface area contributed by atoms with E-state index >= 15 is 0 Å². The molecule has 0 aromatic carbocycles. The second-order valence-electron chi connectivity index (χ2n) is 4.84. The lowest BCUT2D eigenvalue weighted by atomic mass is 10.2. The molecule has 0 spiro atoms. The zero-order chi connectivity index (χ0) is 13.3. The maximum atomic E-state index is 11.9. The summed E-state index contributed by atoms with van der Waals surface area (Å²) in [5.41, 5.74) is 0.921. The first-order chi connectivity index (χ1) is 8.50. The van der Waals surface area contributed by atoms with Crippen molar-refractivity contribution in [2.75, 3.05) is 7.05 Å². The summed E-state index contributed by atoms with van der Waals surface area (Å²) in [6, 6.07) is -0.0779. The third-order valence-electron chi connectivity index (χ3n) is 3.13. The third kappa shape index (κ3) is 2.28. The number of amides is 2. The minimum absolute atomic E-state index is 0.138. The number of likely N-dealkylation sites (tertiary alicyclic amines) is 1. The molecular formula is C12H18N4O2. The van der Waals surface area contributed by atoms with Gasteiger partial charge in [-0.25, -0.2) is 4.98 Å². The average Bonchev–Trinajstić information content (AvgIpc) is 2.87. The predicted molar refractivity (Wildman–Crippen MR) is 65.6 cm³/mol. The van der Waals surface area contributed by atoms with E-state index in [1.807, 2.05) is 0 Å². The summed E-state index contributed by atoms with van der Waals surface area (Å²) in [5.74, 6) is -0.301. The van der Waals surface area contributed by atoms with Crippen molar-refractivity contribution in [3.8, 4) is 0 Å². The number of hydrogen-bond donors (Lipinski definition) is 1. The van der Waals surface area contributed by atoms with Crippen molar-refractivity contribution in [2.24, 2.45) is 0 Å². The number of imide groups is 1. The first kappa shape index (κ1) is 12.8. The fourth-order valence-electron chi connectivity index (χ4n) is 2.01. The van der Waals surface area contributed by atoms with Crippen molar-refractivity contribution in [2.45, 2.75) is 38.9 Å². The lowest BCUT2D eigenvalue weighted by Gasteiger charge is -2.15. The number of nitrogens with one attached hydrogen (secondary N) is 1. The van der Waals surface area contributed by atoms with Gasteiger partial charge < -0.3 is 9.88 Å². The zero-order valence-electron chi connectivity index (χ0n) is 10.9. The van der Waals surface area contributed by atoms with Gasteiger partial charge in [0.1, 0.15) is 6.04 Å². The van der Waals surface area contributed by atoms with Crippen LogP contribution < -0.4 is 5.32 Å². The van der Waals surface area contributed by atoms with Crippen LogP contribution in [0.3, 0.4) is 0 Å². The van der Waals surface area contributed by atoms with Gasteiger partial charge in [0.25, 0.3) is 5.91 Å². The Labute approximate surface area is 106 Å². The second-order valence-corrected chi connectivity index (χ2v) is 4.84. The third-order valence-corrected chi connectivity index (χ3v) is 3.13. The van der Waals surface area contributed by atoms with Gasteiger partial charge in [0.2, 0.25) is 5.91 Å². The molecule has 2 heterocycles. The molecule has 1 aromatic heterocycles. The van der Waals surface area contributed by atoms with Crippen LogP contribution in [0, 0.1) is 0 Å². The minimum Gasteiger partial charge on any atom is -0.320 e. The highest BCUT2D eigenvalue weighted by Gasteiger charge is 2.37. The monoisotopic (exact) mass is 250 g/mol. The van der Waals surface area contributed by atoms with Crippen molar-refractivity contribution in [1.29, 1.82) is 0 Å². The van der Waals surface area contributed by atoms with Crippen molar-refractivity contribution < 1.29 is 9.59 Å². The highest BCUT2D eigenvalue weighted by Crippen LogP contribution is 2.24. The topological polar surface area (TPSA) is 67.2 Å². The van der Waals surface area contributed by atoms with Crippen LogP contribution in [0.25, 0.3) is 0 Å². The number of aromatic nitrogens is 2. The van der Waals surface area contributed by atoms with Gasteiger partial charge >= 0.3 is 0 Å². The van der Waals surface area contributed by atoms with E-state index in [1.165, 1.54) is 11.9 Å². The molecule has 1 N–H and O–H groups in total. The van der Waals surface area contributed by atoms with Crippen LogP contribution in [0.15, 0.2) is 12.5 Å². The number of likely N-dealkylation sites (N-methyl/N-ethyl adjacent to an activating group) is 1. The maximum absolute atomic E-state index is 11.9. The molecule has 0 saturated carbocycles. The van der Waals surface area contributed by atoms with Crippen molar-refractivity contribution >= 4 is 11.8 Å². The van der Waals surface area contributed by atoms with Crippen LogP contribution in [0.1, 0.15) is 32.0 Å². The standard InChI is InChI=1S/C12H18N4O2/c1-8(2)14-6-9-5-13-7-16(9)10-4-11(17)15(3)12(10)18/h5,7-8,10,14H,4,6H2,1-3H3. The second kappa shape index (κ2) is 4.89. The molecule has 18 heavy (non-hydrogen) atoms. The molecule has 1 atom stereocenters. The van der Waals surface area contributed by atoms with E-state index in [-0.39, 0.29) is 18.2 Å². The molecule has 0 radical (unpaired) electrons. The number of imidazole rings is 1. The van der Waals surface area contributed by atoms with Crippen LogP contribution in [-0.4, -0.2) is 39.4 Å². The average molecular weight is 250 g/mol. The Bertz CT molecular complexity index is 466. The fourth-order valence-corrected chi connectivity index (χ4v) is 2.01. The van der Waals surface area contributed by atoms with Gasteiger partial charge in [-0.15, -0.1) is 0 Å². The molecule has 2 rings (SSSR count). The zero-order valence-corrected chi connectivity index (χ0v) is 10.9. The van der Waals surface area contributed by atoms with E-state index in [9.17, 15) is 9.59 Å². The molecule has 1 unspecified atom stereocenters. The van der Waals surface area contributed by atoms with Crippen molar-refractivity contribution in [3.05, 3.63) is 18.2 Å². The van der Waals surface area contributed by atoms with Crippen molar-refractivity contribution in [1.82, 2.24) is 19.8 Å². The van der Waals surface area contributed by atoms with Crippen LogP contribution in [0.4, 0.5) is 0 Å². The Morgan fingerprint density at radius 3 is 2.78 bits per heavy atom. The highest BCUT2D eigenvalue weighted by molar-refractivity contribution is 6.04. The number of rotatable bonds is 4. The molecule has 1 aliphatic heterocycles. The molecule has 0 aliphatic carbocycles. The van der Waals surface area contributed by atoms with E-state index < -0.39 is 6.04 Å². The molecule has 1 aliphatic rings. The van der Waals surface area contributed by atoms with Gasteiger partial charge in [-0.1, -0.05) is 13.8 Å². The van der Waals surface area contributed by atoms with E-state index in [0.717, 1.165) is 5.69 Å². The number of carbonyl (C=O) groups excluding carboxylic acids is 2. The highest BCUT2D eigenvalue weighted by atomic mass is 16.2. The molecular weight excluding hydrogens is 232 g/mol. The fraction of sp³-hybridized carbons (Fsp3) is 0.583. The summed E-state index contributed by atoms with van der Waals surface area (Å²) in [5, 5.41) is 3.28. The van der Waals surface area contributed by atoms with Gasteiger partial charge in [0.05, 0.1) is 18.4 Å². The molecule has 1 saturated heterocycles. The largest absolute Gasteiger partial charge is 0.320 e. The number of carbonyl (C=O) groups is 2. The van der Waals surface area contributed by atoms with E-state index in [1.54, 1.807) is 17.1 Å². The molecule has 98 valence electrons. The van der Waals surface area contributed by atoms with Crippen molar-refractivity contribution in [3.63, 3.8) is 0 Å². The maximum Gasteiger partial charge on any atom is 0.252 e. The lowest BCUT2D eigenvalue weighted by Crippen LogP contribution is -2.28. The summed E-state index contributed by atoms with van der Waals surface area (Å²) in [6.07, 6.45) is 3.57. The van der Waals surface area contributed by atoms with E-state index in [0.29, 0.717) is 12.6 Å². The van der Waals surface area contributed by atoms with Crippen LogP contribution >= 0.6 is 0 Å². The summed E-state index contributed by atoms with van der Waals surface area (Å²) >= 11 is 0. The number of nitrogens with zero attached hydrogens (tertiary/aromatic N) is 3. The van der Waals surface area contributed by atoms with Crippen LogP contribution in [0.5, 0.6) is 0 Å². The Kier molecular flexibility index (Phi) is 3.47. The molecule has 2 amide bonds. The molecule has 0 bridgehead atoms. The van der Waals surface area contributed by atoms with Gasteiger partial charge in [-0.3, -0.25) is 14.5 Å². The summed E-state index contributed by atoms with van der Waals surface area (Å²) in [6.45, 7) is 4.75. The minimum atomic E-state index is -0.436. The normalized spacial score (nSPS) is 20.2. The number of hydrogen-bond acceptors (Lipinski definition) is 4. The predicted octanol–water partition coefficient (Wildman–Crippen LogP) is 0.311. The smallest absolute Gasteiger partial charge is 0.252 e. The summed E-state index contributed by atoms with van der Waals surface area (Å²) in [4.78, 5) is 28.7. The Hall–Kier alpha value is -1.69. The van der Waals surface area contributed by atoms with E-state index in [4.69, 9.17) is 0 Å². The van der Waals surface area contributed by atoms with Crippen LogP contribution in [0.2, 0.25) is 0 Å². The Morgan fingerprint density at radius 2 is 2.22 bits per heavy atom. The first-order valence-electron chi connectivity index (χ1n) is 6.05. The molecule has 1 fully saturated rings. The van der Waals surface area contributed by atoms with E-state index in [2.05, 4.69) is 24.1 Å². The lowest BCUT2D eigenvalue weighted by molar-refractivity contribution is -0.137. The summed E-state index contributed by atoms with van der Waals surface area (Å²) < 4.78 is 1.79. The van der Waals surface area contributed by atoms with Gasteiger partial charge in [-0.05, 0) is 0 Å². The molecule has 1 aromatic rings. The molecule has 6 nitrogen and oxygen atoms in total. The molecule has 6 heteroatoms. The van der Waals surface area contributed by atoms with Crippen LogP contribution in [-0.2, 0) is 16.1 Å². The van der Waals surface area contributed by atoms with Gasteiger partial charge in [0.15, 0.2) is 0 Å². The quantitative estimate of drug-likeness (QED) is 0.781. The first-order valence-corrected chi connectivity index (χ1v) is 6.05. The van der Waals surface area contributed by atoms with Gasteiger partial charge in [0, 0.05) is 25.8 Å². The Morgan fingerprint density at radius 1 is 1.50 bits per heavy atom. The Balaban J connectivity index is 2.17. The summed E-state index contributed by atoms with van der Waals surface area (Å²) in [7, 11) is 1.52. The van der Waals surface area contributed by atoms with Gasteiger partial charge in [-0.2, -0.15) is 0 Å². The SMILES string of the molecule is CC(C)NCc1cncn1C1CC(=O)N(C)C1=O.